The van der Waals surface area contributed by atoms with Crippen molar-refractivity contribution in [1.82, 2.24) is 0 Å². The van der Waals surface area contributed by atoms with Gasteiger partial charge in [-0.3, -0.25) is 4.79 Å². The standard InChI is InChI=1S/C13H17F6IO5/c1-9(2,6-20)8(22)24-5-7(21)25-10(3,4)11(23,12(14,15)16)13(17,18)19/h23H,5-6H2,1-4H3. The zero-order valence-electron chi connectivity index (χ0n) is 13.6. The summed E-state index contributed by atoms with van der Waals surface area (Å²) in [4.78, 5) is 23.2. The van der Waals surface area contributed by atoms with Crippen LogP contribution in [0.5, 0.6) is 0 Å². The molecule has 0 atom stereocenters. The van der Waals surface area contributed by atoms with Gasteiger partial charge in [0.05, 0.1) is 5.41 Å². The largest absolute Gasteiger partial charge is 0.453 e. The van der Waals surface area contributed by atoms with Crippen molar-refractivity contribution in [2.75, 3.05) is 11.0 Å². The lowest BCUT2D eigenvalue weighted by Gasteiger charge is -2.43. The van der Waals surface area contributed by atoms with Crippen LogP contribution in [0.15, 0.2) is 0 Å². The molecule has 148 valence electrons. The molecule has 0 aliphatic heterocycles. The fourth-order valence-corrected chi connectivity index (χ4v) is 1.92. The smallest absolute Gasteiger partial charge is 0.430 e. The van der Waals surface area contributed by atoms with Gasteiger partial charge < -0.3 is 14.6 Å². The fraction of sp³-hybridized carbons (Fsp3) is 0.846. The molecule has 0 bridgehead atoms. The number of aliphatic hydroxyl groups is 1. The van der Waals surface area contributed by atoms with E-state index in [1.165, 1.54) is 13.8 Å². The maximum Gasteiger partial charge on any atom is 0.430 e. The van der Waals surface area contributed by atoms with Crippen LogP contribution in [0.1, 0.15) is 27.7 Å². The first-order chi connectivity index (χ1) is 10.8. The normalized spacial score (nSPS) is 14.2. The van der Waals surface area contributed by atoms with Crippen LogP contribution < -0.4 is 0 Å². The minimum Gasteiger partial charge on any atom is -0.453 e. The molecule has 1 N–H and O–H groups in total. The number of rotatable bonds is 6. The summed E-state index contributed by atoms with van der Waals surface area (Å²) in [7, 11) is 0. The number of carbonyl (C=O) groups excluding carboxylic acids is 2. The Kier molecular flexibility index (Phi) is 7.21. The van der Waals surface area contributed by atoms with Gasteiger partial charge in [-0.15, -0.1) is 0 Å². The van der Waals surface area contributed by atoms with Crippen molar-refractivity contribution in [3.8, 4) is 0 Å². The van der Waals surface area contributed by atoms with Crippen LogP contribution in [-0.2, 0) is 19.1 Å². The Bertz CT molecular complexity index is 498. The van der Waals surface area contributed by atoms with E-state index in [4.69, 9.17) is 0 Å². The van der Waals surface area contributed by atoms with Crippen molar-refractivity contribution < 1.29 is 50.5 Å². The monoisotopic (exact) mass is 494 g/mol. The molecule has 0 saturated carbocycles. The highest BCUT2D eigenvalue weighted by molar-refractivity contribution is 14.1. The molecule has 0 amide bonds. The second-order valence-electron chi connectivity index (χ2n) is 6.28. The van der Waals surface area contributed by atoms with E-state index in [2.05, 4.69) is 9.47 Å². The van der Waals surface area contributed by atoms with Gasteiger partial charge in [0, 0.05) is 4.43 Å². The summed E-state index contributed by atoms with van der Waals surface area (Å²) in [6.45, 7) is 2.23. The molecule has 0 rings (SSSR count). The van der Waals surface area contributed by atoms with Crippen LogP contribution in [0.25, 0.3) is 0 Å². The quantitative estimate of drug-likeness (QED) is 0.266. The van der Waals surface area contributed by atoms with Crippen molar-refractivity contribution in [2.45, 2.75) is 51.2 Å². The molecular formula is C13H17F6IO5. The van der Waals surface area contributed by atoms with Gasteiger partial charge in [0.15, 0.2) is 12.2 Å². The van der Waals surface area contributed by atoms with Crippen LogP contribution in [0, 0.1) is 5.41 Å². The SMILES string of the molecule is CC(C)(CI)C(=O)OCC(=O)OC(C)(C)C(O)(C(F)(F)F)C(F)(F)F. The summed E-state index contributed by atoms with van der Waals surface area (Å²) in [5, 5.41) is 9.27. The molecule has 0 aromatic carbocycles. The zero-order valence-corrected chi connectivity index (χ0v) is 15.8. The Hall–Kier alpha value is -0.790. The maximum absolute atomic E-state index is 12.8. The second-order valence-corrected chi connectivity index (χ2v) is 7.05. The molecule has 0 aromatic rings. The van der Waals surface area contributed by atoms with E-state index in [1.54, 1.807) is 0 Å². The van der Waals surface area contributed by atoms with Gasteiger partial charge in [-0.2, -0.15) is 26.3 Å². The van der Waals surface area contributed by atoms with Gasteiger partial charge in [0.1, 0.15) is 0 Å². The Labute approximate surface area is 153 Å². The first kappa shape index (κ1) is 24.2. The van der Waals surface area contributed by atoms with E-state index in [-0.39, 0.29) is 18.3 Å². The number of hydrogen-bond donors (Lipinski definition) is 1. The van der Waals surface area contributed by atoms with Gasteiger partial charge in [0.2, 0.25) is 0 Å². The van der Waals surface area contributed by atoms with E-state index < -0.39 is 47.5 Å². The number of ether oxygens (including phenoxy) is 2. The Morgan fingerprint density at radius 3 is 1.68 bits per heavy atom. The zero-order chi connectivity index (χ0) is 20.5. The third-order valence-corrected chi connectivity index (χ3v) is 5.18. The van der Waals surface area contributed by atoms with Crippen LogP contribution in [0.3, 0.4) is 0 Å². The molecule has 0 radical (unpaired) electrons. The minimum atomic E-state index is -6.17. The molecule has 5 nitrogen and oxygen atoms in total. The summed E-state index contributed by atoms with van der Waals surface area (Å²) in [5.74, 6) is -2.56. The molecule has 0 unspecified atom stereocenters. The van der Waals surface area contributed by atoms with Gasteiger partial charge in [-0.25, -0.2) is 4.79 Å². The highest BCUT2D eigenvalue weighted by atomic mass is 127. The lowest BCUT2D eigenvalue weighted by atomic mass is 9.84. The molecule has 0 saturated heterocycles. The van der Waals surface area contributed by atoms with E-state index in [1.807, 2.05) is 22.6 Å². The third kappa shape index (κ3) is 5.11. The highest BCUT2D eigenvalue weighted by Gasteiger charge is 2.78. The molecule has 0 heterocycles. The predicted molar refractivity (Wildman–Crippen MR) is 80.9 cm³/mol. The molecule has 12 heteroatoms. The third-order valence-electron chi connectivity index (χ3n) is 3.27. The summed E-state index contributed by atoms with van der Waals surface area (Å²) < 4.78 is 85.8. The van der Waals surface area contributed by atoms with E-state index >= 15 is 0 Å². The Morgan fingerprint density at radius 1 is 0.960 bits per heavy atom. The average molecular weight is 494 g/mol. The first-order valence-electron chi connectivity index (χ1n) is 6.64. The second kappa shape index (κ2) is 7.45. The number of alkyl halides is 7. The van der Waals surface area contributed by atoms with Crippen LogP contribution >= 0.6 is 22.6 Å². The molecule has 0 aliphatic carbocycles. The number of esters is 2. The van der Waals surface area contributed by atoms with E-state index in [9.17, 15) is 41.0 Å². The van der Waals surface area contributed by atoms with Crippen LogP contribution in [-0.4, -0.2) is 51.6 Å². The number of hydrogen-bond acceptors (Lipinski definition) is 5. The van der Waals surface area contributed by atoms with Crippen LogP contribution in [0.2, 0.25) is 0 Å². The number of halogens is 7. The molecule has 0 aromatic heterocycles. The van der Waals surface area contributed by atoms with Crippen molar-refractivity contribution in [2.24, 2.45) is 5.41 Å². The molecule has 25 heavy (non-hydrogen) atoms. The summed E-state index contributed by atoms with van der Waals surface area (Å²) in [5.41, 5.74) is -9.76. The minimum absolute atomic E-state index is 0.252. The molecule has 0 fully saturated rings. The number of carbonyl (C=O) groups is 2. The van der Waals surface area contributed by atoms with Gasteiger partial charge in [-0.1, -0.05) is 22.6 Å². The molecular weight excluding hydrogens is 477 g/mol. The predicted octanol–water partition coefficient (Wildman–Crippen LogP) is 3.17. The van der Waals surface area contributed by atoms with Crippen molar-refractivity contribution >= 4 is 34.5 Å². The maximum atomic E-state index is 12.8. The van der Waals surface area contributed by atoms with E-state index in [0.717, 1.165) is 0 Å². The first-order valence-corrected chi connectivity index (χ1v) is 8.17. The molecule has 0 spiro atoms. The Balaban J connectivity index is 5.30. The van der Waals surface area contributed by atoms with Crippen molar-refractivity contribution in [3.63, 3.8) is 0 Å². The summed E-state index contributed by atoms with van der Waals surface area (Å²) in [6.07, 6.45) is -12.3. The topological polar surface area (TPSA) is 72.8 Å². The molecule has 0 aliphatic rings. The average Bonchev–Trinajstić information content (AvgIpc) is 2.40. The van der Waals surface area contributed by atoms with Crippen LogP contribution in [0.4, 0.5) is 26.3 Å². The summed E-state index contributed by atoms with van der Waals surface area (Å²) in [6, 6.07) is 0. The van der Waals surface area contributed by atoms with Gasteiger partial charge >= 0.3 is 24.3 Å². The lowest BCUT2D eigenvalue weighted by Crippen LogP contribution is -2.70. The van der Waals surface area contributed by atoms with Gasteiger partial charge in [-0.05, 0) is 27.7 Å². The lowest BCUT2D eigenvalue weighted by molar-refractivity contribution is -0.407. The highest BCUT2D eigenvalue weighted by Crippen LogP contribution is 2.50. The fourth-order valence-electron chi connectivity index (χ4n) is 1.61. The Morgan fingerprint density at radius 2 is 1.36 bits per heavy atom. The van der Waals surface area contributed by atoms with Gasteiger partial charge in [0.25, 0.3) is 5.60 Å². The van der Waals surface area contributed by atoms with Crippen molar-refractivity contribution in [3.05, 3.63) is 0 Å². The summed E-state index contributed by atoms with van der Waals surface area (Å²) >= 11 is 1.85. The van der Waals surface area contributed by atoms with Crippen molar-refractivity contribution in [1.29, 1.82) is 0 Å². The van der Waals surface area contributed by atoms with E-state index in [0.29, 0.717) is 0 Å².